The summed E-state index contributed by atoms with van der Waals surface area (Å²) in [5, 5.41) is 12.9. The van der Waals surface area contributed by atoms with E-state index < -0.39 is 8.07 Å². The Morgan fingerprint density at radius 2 is 0.672 bits per heavy atom. The molecule has 10 aromatic carbocycles. The molecule has 64 heavy (non-hydrogen) atoms. The van der Waals surface area contributed by atoms with E-state index in [0.717, 1.165) is 17.1 Å². The number of hydrogen-bond donors (Lipinski definition) is 0. The van der Waals surface area contributed by atoms with Crippen molar-refractivity contribution < 1.29 is 0 Å². The van der Waals surface area contributed by atoms with Gasteiger partial charge in [0.15, 0.2) is 8.07 Å². The molecule has 0 amide bonds. The molecule has 0 N–H and O–H groups in total. The lowest BCUT2D eigenvalue weighted by Gasteiger charge is -2.35. The molecule has 0 unspecified atom stereocenters. The van der Waals surface area contributed by atoms with Crippen molar-refractivity contribution in [1.29, 1.82) is 0 Å². The molecule has 0 atom stereocenters. The van der Waals surface area contributed by atoms with Crippen molar-refractivity contribution in [3.8, 4) is 17.1 Å². The maximum atomic E-state index is 2.57. The van der Waals surface area contributed by atoms with Crippen LogP contribution in [0.1, 0.15) is 0 Å². The van der Waals surface area contributed by atoms with Gasteiger partial charge in [-0.25, -0.2) is 0 Å². The SMILES string of the molecule is c1ccc(-n2c3ccccc3c3ccc(-n4c5ccccc5c5c([Si](c6ccccc6)(c6ccccc6)c6ccccc6)ccc(-n6c7ccccc7c7ccccc76)c54)cc32)cc1. The number of aromatic nitrogens is 3. The summed E-state index contributed by atoms with van der Waals surface area (Å²) < 4.78 is 7.52. The molecule has 3 nitrogen and oxygen atoms in total. The molecule has 0 radical (unpaired) electrons. The molecule has 3 heterocycles. The van der Waals surface area contributed by atoms with E-state index in [9.17, 15) is 0 Å². The van der Waals surface area contributed by atoms with Crippen molar-refractivity contribution in [1.82, 2.24) is 13.7 Å². The van der Waals surface area contributed by atoms with E-state index >= 15 is 0 Å². The summed E-state index contributed by atoms with van der Waals surface area (Å²) in [6, 6.07) is 92.5. The van der Waals surface area contributed by atoms with Crippen molar-refractivity contribution in [2.45, 2.75) is 0 Å². The highest BCUT2D eigenvalue weighted by Crippen LogP contribution is 2.41. The highest BCUT2D eigenvalue weighted by atomic mass is 28.3. The fourth-order valence-electron chi connectivity index (χ4n) is 11.0. The van der Waals surface area contributed by atoms with Gasteiger partial charge < -0.3 is 13.7 Å². The third kappa shape index (κ3) is 5.21. The van der Waals surface area contributed by atoms with Gasteiger partial charge in [0.25, 0.3) is 0 Å². The number of para-hydroxylation sites is 5. The maximum Gasteiger partial charge on any atom is 0.180 e. The fourth-order valence-corrected chi connectivity index (χ4v) is 16.0. The molecule has 0 aliphatic rings. The van der Waals surface area contributed by atoms with E-state index in [1.54, 1.807) is 0 Å². The molecule has 0 fully saturated rings. The fraction of sp³-hybridized carbons (Fsp3) is 0. The van der Waals surface area contributed by atoms with Gasteiger partial charge in [0, 0.05) is 43.7 Å². The first-order valence-electron chi connectivity index (χ1n) is 22.1. The van der Waals surface area contributed by atoms with Gasteiger partial charge in [-0.2, -0.15) is 0 Å². The van der Waals surface area contributed by atoms with Crippen LogP contribution in [0.4, 0.5) is 0 Å². The minimum Gasteiger partial charge on any atom is -0.309 e. The molecule has 0 aliphatic carbocycles. The Labute approximate surface area is 372 Å². The van der Waals surface area contributed by atoms with Crippen LogP contribution in [0.15, 0.2) is 249 Å². The van der Waals surface area contributed by atoms with Crippen molar-refractivity contribution in [3.05, 3.63) is 249 Å². The summed E-state index contributed by atoms with van der Waals surface area (Å²) >= 11 is 0. The number of fused-ring (bicyclic) bond motifs is 9. The van der Waals surface area contributed by atoms with E-state index in [1.165, 1.54) is 86.2 Å². The summed E-state index contributed by atoms with van der Waals surface area (Å²) in [6.07, 6.45) is 0. The van der Waals surface area contributed by atoms with Crippen molar-refractivity contribution in [2.75, 3.05) is 0 Å². The molecule has 300 valence electrons. The molecule has 4 heteroatoms. The highest BCUT2D eigenvalue weighted by Gasteiger charge is 2.43. The molecule has 0 bridgehead atoms. The average molecular weight is 832 g/mol. The molecule has 0 spiro atoms. The van der Waals surface area contributed by atoms with E-state index in [1.807, 2.05) is 0 Å². The molecular weight excluding hydrogens is 791 g/mol. The van der Waals surface area contributed by atoms with Gasteiger partial charge >= 0.3 is 0 Å². The van der Waals surface area contributed by atoms with Gasteiger partial charge in [-0.05, 0) is 75.3 Å². The van der Waals surface area contributed by atoms with Gasteiger partial charge in [0.2, 0.25) is 0 Å². The van der Waals surface area contributed by atoms with Gasteiger partial charge in [-0.3, -0.25) is 0 Å². The lowest BCUT2D eigenvalue weighted by molar-refractivity contribution is 1.13. The molecule has 0 aliphatic heterocycles. The van der Waals surface area contributed by atoms with E-state index in [4.69, 9.17) is 0 Å². The van der Waals surface area contributed by atoms with E-state index in [0.29, 0.717) is 0 Å². The lowest BCUT2D eigenvalue weighted by atomic mass is 10.1. The van der Waals surface area contributed by atoms with Crippen LogP contribution >= 0.6 is 0 Å². The first-order chi connectivity index (χ1) is 31.8. The molecule has 0 saturated carbocycles. The topological polar surface area (TPSA) is 14.8 Å². The lowest BCUT2D eigenvalue weighted by Crippen LogP contribution is -2.74. The first kappa shape index (κ1) is 36.5. The summed E-state index contributed by atoms with van der Waals surface area (Å²) in [5.74, 6) is 0. The number of hydrogen-bond acceptors (Lipinski definition) is 0. The van der Waals surface area contributed by atoms with Gasteiger partial charge in [-0.15, -0.1) is 0 Å². The second-order valence-corrected chi connectivity index (χ2v) is 20.6. The summed E-state index contributed by atoms with van der Waals surface area (Å²) in [6.45, 7) is 0. The Bertz CT molecular complexity index is 3730. The van der Waals surface area contributed by atoms with Crippen molar-refractivity contribution >= 4 is 94.2 Å². The third-order valence-corrected chi connectivity index (χ3v) is 18.4. The summed E-state index contributed by atoms with van der Waals surface area (Å²) in [7, 11) is -3.03. The molecule has 0 saturated heterocycles. The Morgan fingerprint density at radius 3 is 1.19 bits per heavy atom. The minimum absolute atomic E-state index is 1.12. The van der Waals surface area contributed by atoms with Crippen LogP contribution in [-0.4, -0.2) is 21.8 Å². The van der Waals surface area contributed by atoms with Crippen molar-refractivity contribution in [3.63, 3.8) is 0 Å². The predicted molar refractivity (Wildman–Crippen MR) is 273 cm³/mol. The van der Waals surface area contributed by atoms with Crippen LogP contribution in [0, 0.1) is 0 Å². The second-order valence-electron chi connectivity index (χ2n) is 16.8. The maximum absolute atomic E-state index is 3.03. The Kier molecular flexibility index (Phi) is 8.23. The minimum atomic E-state index is -3.03. The number of nitrogens with zero attached hydrogens (tertiary/aromatic N) is 3. The van der Waals surface area contributed by atoms with E-state index in [2.05, 4.69) is 262 Å². The van der Waals surface area contributed by atoms with Crippen LogP contribution in [0.3, 0.4) is 0 Å². The zero-order chi connectivity index (χ0) is 42.2. The largest absolute Gasteiger partial charge is 0.309 e. The number of rotatable bonds is 7. The normalized spacial score (nSPS) is 12.1. The Morgan fingerprint density at radius 1 is 0.266 bits per heavy atom. The second kappa shape index (κ2) is 14.5. The van der Waals surface area contributed by atoms with Gasteiger partial charge in [0.1, 0.15) is 0 Å². The third-order valence-electron chi connectivity index (χ3n) is 13.6. The van der Waals surface area contributed by atoms with Crippen LogP contribution in [-0.2, 0) is 0 Å². The van der Waals surface area contributed by atoms with Crippen LogP contribution in [0.5, 0.6) is 0 Å². The van der Waals surface area contributed by atoms with Crippen molar-refractivity contribution in [2.24, 2.45) is 0 Å². The quantitative estimate of drug-likeness (QED) is 0.112. The predicted octanol–water partition coefficient (Wildman–Crippen LogP) is 12.4. The summed E-state index contributed by atoms with van der Waals surface area (Å²) in [5.41, 5.74) is 10.5. The Hall–Kier alpha value is -8.18. The standard InChI is InChI=1S/C60H41N3Si/c1-5-21-42(22-6-1)61-52-33-17-13-31-49(52)50-38-37-43(41-57(50)61)62-55-36-20-16-32-51(55)59-58(40-39-56(60(59)62)63-53-34-18-14-29-47(53)48-30-15-19-35-54(48)63)64(44-23-7-2-8-24-44,45-25-9-3-10-26-45)46-27-11-4-12-28-46/h1-41H. The zero-order valence-corrected chi connectivity index (χ0v) is 36.0. The van der Waals surface area contributed by atoms with Gasteiger partial charge in [-0.1, -0.05) is 194 Å². The molecular formula is C60H41N3Si. The van der Waals surface area contributed by atoms with Crippen LogP contribution < -0.4 is 20.7 Å². The monoisotopic (exact) mass is 831 g/mol. The van der Waals surface area contributed by atoms with Crippen LogP contribution in [0.2, 0.25) is 0 Å². The zero-order valence-electron chi connectivity index (χ0n) is 35.0. The highest BCUT2D eigenvalue weighted by molar-refractivity contribution is 7.20. The molecule has 13 rings (SSSR count). The smallest absolute Gasteiger partial charge is 0.180 e. The molecule has 13 aromatic rings. The number of benzene rings is 10. The average Bonchev–Trinajstić information content (AvgIpc) is 4.02. The first-order valence-corrected chi connectivity index (χ1v) is 24.1. The molecule has 3 aromatic heterocycles. The Balaban J connectivity index is 1.25. The summed E-state index contributed by atoms with van der Waals surface area (Å²) in [4.78, 5) is 0. The van der Waals surface area contributed by atoms with Crippen LogP contribution in [0.25, 0.3) is 82.5 Å². The van der Waals surface area contributed by atoms with Gasteiger partial charge in [0.05, 0.1) is 38.8 Å². The van der Waals surface area contributed by atoms with E-state index in [-0.39, 0.29) is 0 Å².